The van der Waals surface area contributed by atoms with Crippen molar-refractivity contribution in [2.75, 3.05) is 0 Å². The minimum Gasteiger partial charge on any atom is -0.0807 e. The summed E-state index contributed by atoms with van der Waals surface area (Å²) in [6.45, 7) is 20.9. The van der Waals surface area contributed by atoms with E-state index in [2.05, 4.69) is 26.0 Å². The Balaban J connectivity index is 0. The van der Waals surface area contributed by atoms with Crippen LogP contribution in [0.3, 0.4) is 0 Å². The lowest BCUT2D eigenvalue weighted by Crippen LogP contribution is -2.37. The average Bonchev–Trinajstić information content (AvgIpc) is 2.76. The fraction of sp³-hybridized carbons (Fsp3) is 0.846. The molecule has 0 aromatic rings. The zero-order valence-electron chi connectivity index (χ0n) is 20.1. The predicted molar refractivity (Wildman–Crippen MR) is 124 cm³/mol. The molecule has 0 spiro atoms. The lowest BCUT2D eigenvalue weighted by molar-refractivity contribution is 0.0987. The zero-order valence-corrected chi connectivity index (χ0v) is 20.1. The Kier molecular flexibility index (Phi) is 19.0. The van der Waals surface area contributed by atoms with Gasteiger partial charge in [-0.2, -0.15) is 0 Å². The van der Waals surface area contributed by atoms with E-state index in [1.165, 1.54) is 51.4 Å². The van der Waals surface area contributed by atoms with Gasteiger partial charge in [0.1, 0.15) is 0 Å². The molecule has 0 N–H and O–H groups in total. The quantitative estimate of drug-likeness (QED) is 0.457. The fourth-order valence-corrected chi connectivity index (χ4v) is 4.92. The Hall–Kier alpha value is -0.520. The van der Waals surface area contributed by atoms with Crippen molar-refractivity contribution in [2.24, 2.45) is 23.7 Å². The Morgan fingerprint density at radius 1 is 0.808 bits per heavy atom. The van der Waals surface area contributed by atoms with E-state index in [1.807, 2.05) is 55.4 Å². The maximum atomic E-state index is 2.58. The van der Waals surface area contributed by atoms with Crippen molar-refractivity contribution in [2.45, 2.75) is 121 Å². The van der Waals surface area contributed by atoms with Crippen LogP contribution in [-0.4, -0.2) is 0 Å². The molecular formula is C26H52. The second-order valence-electron chi connectivity index (χ2n) is 6.76. The summed E-state index contributed by atoms with van der Waals surface area (Å²) in [5.74, 6) is 3.91. The van der Waals surface area contributed by atoms with Crippen molar-refractivity contribution in [3.8, 4) is 0 Å². The molecular weight excluding hydrogens is 312 g/mol. The Labute approximate surface area is 167 Å². The van der Waals surface area contributed by atoms with Crippen LogP contribution >= 0.6 is 0 Å². The lowest BCUT2D eigenvalue weighted by Gasteiger charge is -2.47. The predicted octanol–water partition coefficient (Wildman–Crippen LogP) is 9.61. The highest BCUT2D eigenvalue weighted by Gasteiger charge is 2.40. The Morgan fingerprint density at radius 2 is 1.38 bits per heavy atom. The van der Waals surface area contributed by atoms with Gasteiger partial charge < -0.3 is 0 Å². The topological polar surface area (TPSA) is 0 Å². The van der Waals surface area contributed by atoms with E-state index in [4.69, 9.17) is 0 Å². The van der Waals surface area contributed by atoms with E-state index in [9.17, 15) is 0 Å². The number of rotatable bonds is 2. The van der Waals surface area contributed by atoms with Gasteiger partial charge in [-0.05, 0) is 73.3 Å². The first-order chi connectivity index (χ1) is 12.8. The highest BCUT2D eigenvalue weighted by Crippen LogP contribution is 2.51. The maximum absolute atomic E-state index is 2.58. The average molecular weight is 365 g/mol. The van der Waals surface area contributed by atoms with Gasteiger partial charge in [0, 0.05) is 0 Å². The summed E-state index contributed by atoms with van der Waals surface area (Å²) < 4.78 is 0. The van der Waals surface area contributed by atoms with Crippen molar-refractivity contribution in [1.29, 1.82) is 0 Å². The molecule has 0 heterocycles. The molecule has 0 amide bonds. The molecule has 2 fully saturated rings. The summed E-state index contributed by atoms with van der Waals surface area (Å²) in [6, 6.07) is 0. The first kappa shape index (κ1) is 27.7. The highest BCUT2D eigenvalue weighted by atomic mass is 14.5. The van der Waals surface area contributed by atoms with Crippen molar-refractivity contribution in [3.05, 3.63) is 23.3 Å². The summed E-state index contributed by atoms with van der Waals surface area (Å²) in [7, 11) is 0. The van der Waals surface area contributed by atoms with Gasteiger partial charge in [0.2, 0.25) is 0 Å². The molecule has 3 rings (SSSR count). The van der Waals surface area contributed by atoms with Crippen LogP contribution in [0, 0.1) is 23.7 Å². The van der Waals surface area contributed by atoms with Gasteiger partial charge in [-0.1, -0.05) is 94.2 Å². The van der Waals surface area contributed by atoms with E-state index < -0.39 is 0 Å². The molecule has 156 valence electrons. The Morgan fingerprint density at radius 3 is 1.96 bits per heavy atom. The third-order valence-electron chi connectivity index (χ3n) is 5.88. The summed E-state index contributed by atoms with van der Waals surface area (Å²) in [6.07, 6.45) is 16.4. The van der Waals surface area contributed by atoms with Gasteiger partial charge in [0.05, 0.1) is 0 Å². The molecule has 4 atom stereocenters. The molecule has 0 radical (unpaired) electrons. The molecule has 3 aliphatic carbocycles. The first-order valence-corrected chi connectivity index (χ1v) is 12.2. The molecule has 0 aromatic carbocycles. The van der Waals surface area contributed by atoms with Crippen LogP contribution in [0.15, 0.2) is 23.3 Å². The van der Waals surface area contributed by atoms with E-state index in [-0.39, 0.29) is 0 Å². The lowest BCUT2D eigenvalue weighted by atomic mass is 9.58. The Bertz CT molecular complexity index is 360. The van der Waals surface area contributed by atoms with E-state index in [0.717, 1.165) is 23.7 Å². The van der Waals surface area contributed by atoms with Gasteiger partial charge in [-0.15, -0.1) is 0 Å². The standard InChI is InChI=1S/C18H28.4C2H6/c1-3-6-14-9-12-18-16(13(14)2)11-10-15-7-4-5-8-17(15)18;4*1-2/h7-8,13-14,16,18H,3-6,9-12H2,1-2H3;4*1-2H3. The smallest absolute Gasteiger partial charge is 0.0131 e. The third-order valence-corrected chi connectivity index (χ3v) is 5.88. The van der Waals surface area contributed by atoms with Gasteiger partial charge >= 0.3 is 0 Å². The molecule has 0 nitrogen and oxygen atoms in total. The molecule has 0 aromatic heterocycles. The number of hydrogen-bond acceptors (Lipinski definition) is 0. The van der Waals surface area contributed by atoms with Crippen LogP contribution in [0.4, 0.5) is 0 Å². The minimum atomic E-state index is 0.924. The first-order valence-electron chi connectivity index (χ1n) is 12.2. The van der Waals surface area contributed by atoms with Crippen molar-refractivity contribution in [1.82, 2.24) is 0 Å². The molecule has 3 aliphatic rings. The van der Waals surface area contributed by atoms with Crippen molar-refractivity contribution < 1.29 is 0 Å². The van der Waals surface area contributed by atoms with Crippen molar-refractivity contribution in [3.63, 3.8) is 0 Å². The number of hydrogen-bond donors (Lipinski definition) is 0. The summed E-state index contributed by atoms with van der Waals surface area (Å²) in [4.78, 5) is 0. The summed E-state index contributed by atoms with van der Waals surface area (Å²) >= 11 is 0. The largest absolute Gasteiger partial charge is 0.0807 e. The minimum absolute atomic E-state index is 0.924. The van der Waals surface area contributed by atoms with Gasteiger partial charge in [0.15, 0.2) is 0 Å². The molecule has 0 heteroatoms. The van der Waals surface area contributed by atoms with Crippen LogP contribution in [-0.2, 0) is 0 Å². The molecule has 4 unspecified atom stereocenters. The van der Waals surface area contributed by atoms with Gasteiger partial charge in [0.25, 0.3) is 0 Å². The van der Waals surface area contributed by atoms with E-state index in [1.54, 1.807) is 11.1 Å². The van der Waals surface area contributed by atoms with E-state index >= 15 is 0 Å². The zero-order chi connectivity index (χ0) is 20.5. The molecule has 26 heavy (non-hydrogen) atoms. The second-order valence-corrected chi connectivity index (χ2v) is 6.76. The van der Waals surface area contributed by atoms with Crippen LogP contribution in [0.5, 0.6) is 0 Å². The fourth-order valence-electron chi connectivity index (χ4n) is 4.92. The van der Waals surface area contributed by atoms with Gasteiger partial charge in [-0.25, -0.2) is 0 Å². The third kappa shape index (κ3) is 7.61. The molecule has 0 bridgehead atoms. The van der Waals surface area contributed by atoms with Crippen LogP contribution < -0.4 is 0 Å². The summed E-state index contributed by atoms with van der Waals surface area (Å²) in [5, 5.41) is 0. The normalized spacial score (nSPS) is 28.2. The molecule has 0 aliphatic heterocycles. The van der Waals surface area contributed by atoms with Crippen molar-refractivity contribution >= 4 is 0 Å². The van der Waals surface area contributed by atoms with Crippen LogP contribution in [0.2, 0.25) is 0 Å². The number of allylic oxidation sites excluding steroid dienone is 4. The second kappa shape index (κ2) is 17.9. The van der Waals surface area contributed by atoms with Crippen LogP contribution in [0.25, 0.3) is 0 Å². The highest BCUT2D eigenvalue weighted by molar-refractivity contribution is 5.38. The van der Waals surface area contributed by atoms with E-state index in [0.29, 0.717) is 0 Å². The molecule has 2 saturated carbocycles. The summed E-state index contributed by atoms with van der Waals surface area (Å²) in [5.41, 5.74) is 3.50. The SMILES string of the molecule is CC.CC.CC.CC.CCCC1CCC2C3=CCCC=C3CCC2C1C. The van der Waals surface area contributed by atoms with Crippen LogP contribution in [0.1, 0.15) is 121 Å². The number of fused-ring (bicyclic) bond motifs is 3. The molecule has 0 saturated heterocycles. The monoisotopic (exact) mass is 364 g/mol. The van der Waals surface area contributed by atoms with Gasteiger partial charge in [-0.3, -0.25) is 0 Å². The maximum Gasteiger partial charge on any atom is -0.0131 e.